The highest BCUT2D eigenvalue weighted by atomic mass is 16.5. The molecule has 4 atom stereocenters. The Balaban J connectivity index is 0.000000285. The third-order valence-electron chi connectivity index (χ3n) is 6.19. The van der Waals surface area contributed by atoms with Gasteiger partial charge in [0.15, 0.2) is 0 Å². The second kappa shape index (κ2) is 15.8. The quantitative estimate of drug-likeness (QED) is 0.511. The molecule has 0 spiro atoms. The smallest absolute Gasteiger partial charge is 0.307 e. The Morgan fingerprint density at radius 2 is 1.59 bits per heavy atom. The maximum atomic E-state index is 10.8. The number of rotatable bonds is 5. The van der Waals surface area contributed by atoms with Crippen LogP contribution in [0, 0.1) is 23.7 Å². The molecule has 2 aliphatic heterocycles. The van der Waals surface area contributed by atoms with Crippen LogP contribution in [0.15, 0.2) is 24.3 Å². The zero-order valence-corrected chi connectivity index (χ0v) is 20.0. The van der Waals surface area contributed by atoms with E-state index in [2.05, 4.69) is 22.8 Å². The molecule has 2 saturated heterocycles. The third kappa shape index (κ3) is 9.27. The van der Waals surface area contributed by atoms with Gasteiger partial charge in [-0.15, -0.1) is 0 Å². The lowest BCUT2D eigenvalue weighted by atomic mass is 9.86. The first-order chi connectivity index (χ1) is 15.6. The summed E-state index contributed by atoms with van der Waals surface area (Å²) in [5.41, 5.74) is 1.28. The molecule has 1 aliphatic carbocycles. The number of hydrogen-bond acceptors (Lipinski definition) is 6. The van der Waals surface area contributed by atoms with E-state index in [1.54, 1.807) is 7.11 Å². The molecule has 2 heterocycles. The number of aliphatic hydroxyl groups is 1. The Hall–Kier alpha value is -1.96. The maximum absolute atomic E-state index is 10.8. The minimum atomic E-state index is -0.632. The number of carbonyl (C=O) groups excluding carboxylic acids is 1. The zero-order valence-electron chi connectivity index (χ0n) is 20.0. The van der Waals surface area contributed by atoms with Gasteiger partial charge in [-0.25, -0.2) is 0 Å². The van der Waals surface area contributed by atoms with Gasteiger partial charge in [0, 0.05) is 32.7 Å². The number of aliphatic hydroxyl groups excluding tert-OH is 1. The van der Waals surface area contributed by atoms with Gasteiger partial charge in [0.2, 0.25) is 0 Å². The van der Waals surface area contributed by atoms with Gasteiger partial charge in [-0.05, 0) is 67.7 Å². The number of methoxy groups -OCH3 is 1. The summed E-state index contributed by atoms with van der Waals surface area (Å²) in [4.78, 5) is 21.5. The van der Waals surface area contributed by atoms with E-state index in [1.165, 1.54) is 18.4 Å². The minimum absolute atomic E-state index is 0.135. The highest BCUT2D eigenvalue weighted by molar-refractivity contribution is 5.70. The number of hydrogen-bond donors (Lipinski definition) is 4. The fourth-order valence-electron chi connectivity index (χ4n) is 4.30. The van der Waals surface area contributed by atoms with Crippen LogP contribution in [0.5, 0.6) is 5.75 Å². The van der Waals surface area contributed by atoms with Crippen LogP contribution in [0.3, 0.4) is 0 Å². The molecule has 0 amide bonds. The van der Waals surface area contributed by atoms with E-state index in [1.807, 2.05) is 26.0 Å². The molecule has 3 fully saturated rings. The summed E-state index contributed by atoms with van der Waals surface area (Å²) in [5.74, 6) is 2.17. The number of carboxylic acid groups (broad SMARTS) is 1. The summed E-state index contributed by atoms with van der Waals surface area (Å²) in [6.45, 7) is 7.47. The first kappa shape index (κ1) is 28.1. The van der Waals surface area contributed by atoms with Gasteiger partial charge in [0.05, 0.1) is 13.0 Å². The van der Waals surface area contributed by atoms with Crippen molar-refractivity contribution >= 4 is 12.3 Å². The Morgan fingerprint density at radius 3 is 2.12 bits per heavy atom. The molecule has 4 rings (SSSR count). The Kier molecular flexibility index (Phi) is 13.8. The van der Waals surface area contributed by atoms with Crippen molar-refractivity contribution in [3.05, 3.63) is 29.8 Å². The molecule has 1 saturated carbocycles. The number of nitrogens with one attached hydrogen (secondary N) is 2. The predicted octanol–water partition coefficient (Wildman–Crippen LogP) is 2.93. The Labute approximate surface area is 192 Å². The monoisotopic (exact) mass is 450 g/mol. The summed E-state index contributed by atoms with van der Waals surface area (Å²) in [7, 11) is 2.67. The van der Waals surface area contributed by atoms with Gasteiger partial charge in [-0.1, -0.05) is 26.0 Å². The first-order valence-corrected chi connectivity index (χ1v) is 11.8. The van der Waals surface area contributed by atoms with Crippen molar-refractivity contribution in [1.82, 2.24) is 10.6 Å². The lowest BCUT2D eigenvalue weighted by molar-refractivity contribution is -0.142. The standard InChI is InChI=1S/C13H17NO2.C9H15NO2.C2H6.CH4O/c1-16-13-4-2-11(3-5-13)12-6-10(9-15)7-14-8-12;11-9(12)8-3-7(4-10-5-8)6-1-2-6;2*1-2/h2-5,9-10,12,14H,6-8H2,1H3;6-8,10H,1-5H2,(H,11,12);1-2H3;2H,1H3. The SMILES string of the molecule is CC.CO.COc1ccc(C2CNCC(C=O)C2)cc1.O=C(O)C1CNCC(C2CC2)C1. The van der Waals surface area contributed by atoms with Crippen LogP contribution in [-0.4, -0.2) is 62.9 Å². The van der Waals surface area contributed by atoms with Crippen molar-refractivity contribution in [3.63, 3.8) is 0 Å². The molecule has 4 N–H and O–H groups in total. The van der Waals surface area contributed by atoms with Crippen LogP contribution in [0.1, 0.15) is 51.0 Å². The molecule has 7 heteroatoms. The average molecular weight is 451 g/mol. The lowest BCUT2D eigenvalue weighted by Gasteiger charge is -2.27. The topological polar surface area (TPSA) is 108 Å². The molecule has 7 nitrogen and oxygen atoms in total. The van der Waals surface area contributed by atoms with Crippen LogP contribution in [0.4, 0.5) is 0 Å². The molecule has 1 aromatic carbocycles. The highest BCUT2D eigenvalue weighted by Gasteiger charge is 2.36. The normalized spacial score (nSPS) is 26.5. The Morgan fingerprint density at radius 1 is 0.969 bits per heavy atom. The second-order valence-corrected chi connectivity index (χ2v) is 8.29. The summed E-state index contributed by atoms with van der Waals surface area (Å²) < 4.78 is 5.13. The molecule has 3 aliphatic rings. The van der Waals surface area contributed by atoms with Crippen LogP contribution in [-0.2, 0) is 9.59 Å². The van der Waals surface area contributed by atoms with Crippen molar-refractivity contribution in [2.45, 2.75) is 45.4 Å². The molecule has 1 aromatic rings. The number of aldehydes is 1. The first-order valence-electron chi connectivity index (χ1n) is 11.8. The molecule has 182 valence electrons. The number of carbonyl (C=O) groups is 2. The fourth-order valence-corrected chi connectivity index (χ4v) is 4.30. The van der Waals surface area contributed by atoms with Gasteiger partial charge in [-0.3, -0.25) is 4.79 Å². The molecule has 32 heavy (non-hydrogen) atoms. The number of benzene rings is 1. The van der Waals surface area contributed by atoms with Gasteiger partial charge >= 0.3 is 5.97 Å². The molecule has 0 radical (unpaired) electrons. The molecule has 4 unspecified atom stereocenters. The van der Waals surface area contributed by atoms with E-state index in [4.69, 9.17) is 14.9 Å². The van der Waals surface area contributed by atoms with Gasteiger partial charge < -0.3 is 30.4 Å². The van der Waals surface area contributed by atoms with Crippen molar-refractivity contribution < 1.29 is 24.5 Å². The summed E-state index contributed by atoms with van der Waals surface area (Å²) in [5, 5.41) is 22.3. The van der Waals surface area contributed by atoms with Crippen LogP contribution < -0.4 is 15.4 Å². The van der Waals surface area contributed by atoms with E-state index in [0.29, 0.717) is 18.4 Å². The van der Waals surface area contributed by atoms with E-state index in [9.17, 15) is 9.59 Å². The van der Waals surface area contributed by atoms with E-state index < -0.39 is 5.97 Å². The summed E-state index contributed by atoms with van der Waals surface area (Å²) in [6, 6.07) is 8.11. The van der Waals surface area contributed by atoms with Crippen molar-refractivity contribution in [1.29, 1.82) is 0 Å². The van der Waals surface area contributed by atoms with E-state index >= 15 is 0 Å². The summed E-state index contributed by atoms with van der Waals surface area (Å²) >= 11 is 0. The summed E-state index contributed by atoms with van der Waals surface area (Å²) in [6.07, 6.45) is 5.54. The largest absolute Gasteiger partial charge is 0.497 e. The van der Waals surface area contributed by atoms with Gasteiger partial charge in [0.25, 0.3) is 0 Å². The van der Waals surface area contributed by atoms with Gasteiger partial charge in [-0.2, -0.15) is 0 Å². The molecular weight excluding hydrogens is 408 g/mol. The van der Waals surface area contributed by atoms with Crippen LogP contribution in [0.2, 0.25) is 0 Å². The zero-order chi connectivity index (χ0) is 23.9. The minimum Gasteiger partial charge on any atom is -0.497 e. The third-order valence-corrected chi connectivity index (χ3v) is 6.19. The van der Waals surface area contributed by atoms with E-state index in [0.717, 1.165) is 57.5 Å². The lowest BCUT2D eigenvalue weighted by Crippen LogP contribution is -2.40. The van der Waals surface area contributed by atoms with E-state index in [-0.39, 0.29) is 11.8 Å². The number of piperidine rings is 2. The maximum Gasteiger partial charge on any atom is 0.307 e. The molecular formula is C25H42N2O5. The van der Waals surface area contributed by atoms with Crippen LogP contribution in [0.25, 0.3) is 0 Å². The van der Waals surface area contributed by atoms with Gasteiger partial charge in [0.1, 0.15) is 12.0 Å². The van der Waals surface area contributed by atoms with Crippen LogP contribution >= 0.6 is 0 Å². The molecule has 0 bridgehead atoms. The molecule has 0 aromatic heterocycles. The number of ether oxygens (including phenoxy) is 1. The Bertz CT molecular complexity index is 648. The van der Waals surface area contributed by atoms with Crippen molar-refractivity contribution in [2.75, 3.05) is 40.4 Å². The van der Waals surface area contributed by atoms with Crippen molar-refractivity contribution in [2.24, 2.45) is 23.7 Å². The highest BCUT2D eigenvalue weighted by Crippen LogP contribution is 2.40. The van der Waals surface area contributed by atoms with Crippen molar-refractivity contribution in [3.8, 4) is 5.75 Å². The number of carboxylic acids is 1. The number of aliphatic carboxylic acids is 1. The average Bonchev–Trinajstić information content (AvgIpc) is 3.73. The second-order valence-electron chi connectivity index (χ2n) is 8.29. The predicted molar refractivity (Wildman–Crippen MR) is 127 cm³/mol. The fraction of sp³-hybridized carbons (Fsp3) is 0.680.